The van der Waals surface area contributed by atoms with Crippen LogP contribution in [0.5, 0.6) is 5.75 Å². The van der Waals surface area contributed by atoms with Crippen LogP contribution in [0, 0.1) is 5.41 Å². The van der Waals surface area contributed by atoms with Crippen LogP contribution < -0.4 is 10.1 Å². The van der Waals surface area contributed by atoms with Gasteiger partial charge in [0.05, 0.1) is 0 Å². The van der Waals surface area contributed by atoms with Gasteiger partial charge >= 0.3 is 0 Å². The average molecular weight is 557 g/mol. The van der Waals surface area contributed by atoms with Crippen molar-refractivity contribution in [3.63, 3.8) is 0 Å². The van der Waals surface area contributed by atoms with Crippen LogP contribution in [0.3, 0.4) is 0 Å². The van der Waals surface area contributed by atoms with E-state index in [2.05, 4.69) is 19.2 Å². The summed E-state index contributed by atoms with van der Waals surface area (Å²) in [6.45, 7) is 4.73. The second-order valence-electron chi connectivity index (χ2n) is 10.8. The Morgan fingerprint density at radius 2 is 1.85 bits per heavy atom. The van der Waals surface area contributed by atoms with Crippen molar-refractivity contribution >= 4 is 35.1 Å². The van der Waals surface area contributed by atoms with Crippen molar-refractivity contribution in [1.82, 2.24) is 14.8 Å². The number of hydrogen-bond acceptors (Lipinski definition) is 6. The molecule has 0 bridgehead atoms. The van der Waals surface area contributed by atoms with Gasteiger partial charge in [0.15, 0.2) is 5.78 Å². The Morgan fingerprint density at radius 3 is 2.67 bits per heavy atom. The normalized spacial score (nSPS) is 17.8. The van der Waals surface area contributed by atoms with Crippen LogP contribution in [0.2, 0.25) is 5.02 Å². The Kier molecular flexibility index (Phi) is 6.95. The summed E-state index contributed by atoms with van der Waals surface area (Å²) in [5, 5.41) is 9.68. The van der Waals surface area contributed by atoms with Crippen molar-refractivity contribution in [2.75, 3.05) is 5.32 Å². The Hall–Kier alpha value is -3.55. The fourth-order valence-corrected chi connectivity index (χ4v) is 6.35. The van der Waals surface area contributed by atoms with E-state index in [1.807, 2.05) is 83.5 Å². The number of aromatic nitrogens is 3. The Labute approximate surface area is 237 Å². The summed E-state index contributed by atoms with van der Waals surface area (Å²) in [7, 11) is 0. The molecule has 1 unspecified atom stereocenters. The first-order chi connectivity index (χ1) is 18.9. The third kappa shape index (κ3) is 5.47. The zero-order valence-corrected chi connectivity index (χ0v) is 23.4. The van der Waals surface area contributed by atoms with Crippen molar-refractivity contribution in [2.45, 2.75) is 50.2 Å². The molecule has 1 aromatic heterocycles. The van der Waals surface area contributed by atoms with Crippen LogP contribution in [-0.2, 0) is 17.2 Å². The molecule has 1 aliphatic carbocycles. The summed E-state index contributed by atoms with van der Waals surface area (Å²) < 4.78 is 7.98. The molecule has 0 radical (unpaired) electrons. The number of hydrogen-bond donors (Lipinski definition) is 1. The quantitative estimate of drug-likeness (QED) is 0.238. The highest BCUT2D eigenvalue weighted by molar-refractivity contribution is 7.98. The van der Waals surface area contributed by atoms with Gasteiger partial charge in [-0.05, 0) is 46.7 Å². The fraction of sp³-hybridized carbons (Fsp3) is 0.258. The summed E-state index contributed by atoms with van der Waals surface area (Å²) in [6, 6.07) is 25.4. The van der Waals surface area contributed by atoms with Gasteiger partial charge in [-0.1, -0.05) is 97.9 Å². The molecule has 8 heteroatoms. The minimum atomic E-state index is -0.387. The third-order valence-electron chi connectivity index (χ3n) is 7.05. The lowest BCUT2D eigenvalue weighted by Crippen LogP contribution is -2.36. The lowest BCUT2D eigenvalue weighted by atomic mass is 9.73. The van der Waals surface area contributed by atoms with E-state index >= 15 is 0 Å². The fourth-order valence-electron chi connectivity index (χ4n) is 5.23. The number of carbonyl (C=O) groups is 1. The van der Waals surface area contributed by atoms with E-state index in [1.165, 1.54) is 11.8 Å². The summed E-state index contributed by atoms with van der Waals surface area (Å²) in [5.41, 5.74) is 4.63. The molecule has 0 spiro atoms. The maximum absolute atomic E-state index is 13.6. The van der Waals surface area contributed by atoms with Crippen LogP contribution in [0.4, 0.5) is 5.95 Å². The SMILES string of the molecule is CC1(C)CC(=O)C2=C(C1)Nc1nc(SCc3ccccc3Cl)nn1C2c1cccc(OCc2ccccc2)c1. The van der Waals surface area contributed by atoms with E-state index in [9.17, 15) is 4.79 Å². The molecular weight excluding hydrogens is 528 g/mol. The van der Waals surface area contributed by atoms with Crippen molar-refractivity contribution in [2.24, 2.45) is 5.41 Å². The standard InChI is InChI=1S/C31H29ClN4O2S/c1-31(2)16-25-27(26(37)17-31)28(21-12-8-13-23(15-21)38-18-20-9-4-3-5-10-20)36-29(33-25)34-30(35-36)39-19-22-11-6-7-14-24(22)32/h3-15,28H,16-19H2,1-2H3,(H,33,34,35). The van der Waals surface area contributed by atoms with Gasteiger partial charge < -0.3 is 10.1 Å². The number of benzene rings is 3. The lowest BCUT2D eigenvalue weighted by molar-refractivity contribution is -0.118. The lowest BCUT2D eigenvalue weighted by Gasteiger charge is -2.38. The van der Waals surface area contributed by atoms with Gasteiger partial charge in [0, 0.05) is 28.5 Å². The van der Waals surface area contributed by atoms with Gasteiger partial charge in [0.25, 0.3) is 0 Å². The Balaban J connectivity index is 1.34. The van der Waals surface area contributed by atoms with Gasteiger partial charge in [0.2, 0.25) is 11.1 Å². The smallest absolute Gasteiger partial charge is 0.227 e. The molecule has 198 valence electrons. The van der Waals surface area contributed by atoms with E-state index in [1.54, 1.807) is 0 Å². The van der Waals surface area contributed by atoms with Crippen LogP contribution >= 0.6 is 23.4 Å². The zero-order valence-electron chi connectivity index (χ0n) is 21.9. The van der Waals surface area contributed by atoms with Crippen molar-refractivity contribution in [3.8, 4) is 5.75 Å². The number of allylic oxidation sites excluding steroid dienone is 2. The van der Waals surface area contributed by atoms with E-state index in [0.717, 1.165) is 45.2 Å². The minimum Gasteiger partial charge on any atom is -0.489 e. The number of nitrogens with zero attached hydrogens (tertiary/aromatic N) is 3. The van der Waals surface area contributed by atoms with Crippen molar-refractivity contribution in [3.05, 3.63) is 112 Å². The maximum Gasteiger partial charge on any atom is 0.227 e. The van der Waals surface area contributed by atoms with Gasteiger partial charge in [-0.3, -0.25) is 4.79 Å². The Morgan fingerprint density at radius 1 is 1.05 bits per heavy atom. The number of fused-ring (bicyclic) bond motifs is 1. The topological polar surface area (TPSA) is 69.0 Å². The van der Waals surface area contributed by atoms with E-state index in [4.69, 9.17) is 26.4 Å². The molecule has 3 aromatic carbocycles. The first kappa shape index (κ1) is 25.7. The van der Waals surface area contributed by atoms with E-state index < -0.39 is 0 Å². The van der Waals surface area contributed by atoms with Crippen LogP contribution in [0.25, 0.3) is 0 Å². The van der Waals surface area contributed by atoms with E-state index in [0.29, 0.717) is 29.9 Å². The molecule has 0 saturated carbocycles. The monoisotopic (exact) mass is 556 g/mol. The molecule has 1 N–H and O–H groups in total. The number of carbonyl (C=O) groups excluding carboxylic acids is 1. The number of Topliss-reactive ketones (excluding diaryl/α,β-unsaturated/α-hetero) is 1. The molecule has 1 atom stereocenters. The number of rotatable bonds is 7. The summed E-state index contributed by atoms with van der Waals surface area (Å²) >= 11 is 7.90. The summed E-state index contributed by atoms with van der Waals surface area (Å²) in [6.07, 6.45) is 1.26. The van der Waals surface area contributed by atoms with E-state index in [-0.39, 0.29) is 17.2 Å². The first-order valence-corrected chi connectivity index (χ1v) is 14.4. The van der Waals surface area contributed by atoms with Crippen LogP contribution in [0.1, 0.15) is 49.4 Å². The highest BCUT2D eigenvalue weighted by Crippen LogP contribution is 2.46. The number of ketones is 1. The summed E-state index contributed by atoms with van der Waals surface area (Å²) in [4.78, 5) is 18.4. The molecule has 39 heavy (non-hydrogen) atoms. The number of nitrogens with one attached hydrogen (secondary N) is 1. The molecule has 6 rings (SSSR count). The first-order valence-electron chi connectivity index (χ1n) is 13.0. The average Bonchev–Trinajstić information content (AvgIpc) is 3.33. The number of thioether (sulfide) groups is 1. The predicted molar refractivity (Wildman–Crippen MR) is 155 cm³/mol. The second kappa shape index (κ2) is 10.5. The second-order valence-corrected chi connectivity index (χ2v) is 12.1. The van der Waals surface area contributed by atoms with Gasteiger partial charge in [-0.25, -0.2) is 4.68 Å². The van der Waals surface area contributed by atoms with Crippen LogP contribution in [-0.4, -0.2) is 20.5 Å². The van der Waals surface area contributed by atoms with Crippen LogP contribution in [0.15, 0.2) is 95.3 Å². The van der Waals surface area contributed by atoms with Gasteiger partial charge in [-0.2, -0.15) is 4.98 Å². The molecular formula is C31H29ClN4O2S. The molecule has 2 heterocycles. The summed E-state index contributed by atoms with van der Waals surface area (Å²) in [5.74, 6) is 2.17. The third-order valence-corrected chi connectivity index (χ3v) is 8.30. The highest BCUT2D eigenvalue weighted by Gasteiger charge is 2.42. The van der Waals surface area contributed by atoms with Crippen molar-refractivity contribution < 1.29 is 9.53 Å². The Bertz CT molecular complexity index is 1560. The predicted octanol–water partition coefficient (Wildman–Crippen LogP) is 7.46. The minimum absolute atomic E-state index is 0.127. The molecule has 4 aromatic rings. The molecule has 0 amide bonds. The molecule has 0 fully saturated rings. The van der Waals surface area contributed by atoms with Gasteiger partial charge in [-0.15, -0.1) is 5.10 Å². The highest BCUT2D eigenvalue weighted by atomic mass is 35.5. The number of halogens is 1. The largest absolute Gasteiger partial charge is 0.489 e. The molecule has 0 saturated heterocycles. The molecule has 6 nitrogen and oxygen atoms in total. The van der Waals surface area contributed by atoms with Gasteiger partial charge in [0.1, 0.15) is 18.4 Å². The zero-order chi connectivity index (χ0) is 27.0. The molecule has 1 aliphatic heterocycles. The number of anilines is 1. The van der Waals surface area contributed by atoms with Crippen molar-refractivity contribution in [1.29, 1.82) is 0 Å². The number of ether oxygens (including phenoxy) is 1. The maximum atomic E-state index is 13.6. The molecule has 2 aliphatic rings.